The number of amides is 1. The second kappa shape index (κ2) is 8.70. The van der Waals surface area contributed by atoms with E-state index in [0.717, 1.165) is 0 Å². The number of benzene rings is 2. The first kappa shape index (κ1) is 20.1. The summed E-state index contributed by atoms with van der Waals surface area (Å²) >= 11 is 0. The fourth-order valence-electron chi connectivity index (χ4n) is 3.07. The fraction of sp³-hybridized carbons (Fsp3) is 0.136. The number of anilines is 1. The molecule has 4 aromatic rings. The molecular formula is C22H19FN4O4. The average Bonchev–Trinajstić information content (AvgIpc) is 3.44. The third-order valence-corrected chi connectivity index (χ3v) is 4.58. The van der Waals surface area contributed by atoms with E-state index in [1.165, 1.54) is 12.1 Å². The molecule has 0 fully saturated rings. The number of halogens is 1. The highest BCUT2D eigenvalue weighted by atomic mass is 19.1. The predicted octanol–water partition coefficient (Wildman–Crippen LogP) is 4.00. The van der Waals surface area contributed by atoms with Crippen LogP contribution in [-0.4, -0.2) is 34.8 Å². The van der Waals surface area contributed by atoms with E-state index < -0.39 is 5.82 Å². The maximum atomic E-state index is 13.8. The van der Waals surface area contributed by atoms with Crippen LogP contribution in [0, 0.1) is 5.82 Å². The number of carbonyl (C=O) groups excluding carboxylic acids is 1. The van der Waals surface area contributed by atoms with Gasteiger partial charge in [-0.15, -0.1) is 0 Å². The zero-order valence-corrected chi connectivity index (χ0v) is 16.8. The number of aromatic nitrogens is 3. The van der Waals surface area contributed by atoms with E-state index in [0.29, 0.717) is 28.6 Å². The Morgan fingerprint density at radius 1 is 1.10 bits per heavy atom. The van der Waals surface area contributed by atoms with E-state index in [4.69, 9.17) is 14.0 Å². The molecule has 0 saturated carbocycles. The summed E-state index contributed by atoms with van der Waals surface area (Å²) in [5, 5.41) is 6.58. The van der Waals surface area contributed by atoms with Crippen LogP contribution in [0.2, 0.25) is 0 Å². The van der Waals surface area contributed by atoms with Crippen LogP contribution in [0.1, 0.15) is 0 Å². The number of methoxy groups -OCH3 is 2. The average molecular weight is 422 g/mol. The van der Waals surface area contributed by atoms with E-state index in [1.807, 2.05) is 0 Å². The molecule has 2 heterocycles. The normalized spacial score (nSPS) is 10.7. The van der Waals surface area contributed by atoms with Gasteiger partial charge in [0.15, 0.2) is 11.5 Å². The minimum atomic E-state index is -0.500. The van der Waals surface area contributed by atoms with Crippen LogP contribution < -0.4 is 14.8 Å². The summed E-state index contributed by atoms with van der Waals surface area (Å²) in [5.41, 5.74) is 1.36. The van der Waals surface area contributed by atoms with E-state index >= 15 is 0 Å². The highest BCUT2D eigenvalue weighted by molar-refractivity contribution is 5.91. The van der Waals surface area contributed by atoms with Gasteiger partial charge in [-0.05, 0) is 42.5 Å². The summed E-state index contributed by atoms with van der Waals surface area (Å²) < 4.78 is 31.4. The highest BCUT2D eigenvalue weighted by Gasteiger charge is 2.17. The zero-order chi connectivity index (χ0) is 21.8. The molecule has 0 aliphatic rings. The van der Waals surface area contributed by atoms with Crippen LogP contribution in [0.4, 0.5) is 10.1 Å². The first-order valence-corrected chi connectivity index (χ1v) is 9.35. The van der Waals surface area contributed by atoms with Crippen LogP contribution in [-0.2, 0) is 11.3 Å². The lowest BCUT2D eigenvalue weighted by atomic mass is 10.2. The SMILES string of the molecule is COc1ccc(-c2noc(-c3cccn3CC(=O)Nc3ccccc3F)n2)cc1OC. The Kier molecular flexibility index (Phi) is 5.65. The van der Waals surface area contributed by atoms with Crippen molar-refractivity contribution < 1.29 is 23.2 Å². The monoisotopic (exact) mass is 422 g/mol. The molecule has 0 bridgehead atoms. The van der Waals surface area contributed by atoms with Gasteiger partial charge in [0.25, 0.3) is 5.89 Å². The molecule has 0 radical (unpaired) electrons. The number of ether oxygens (including phenoxy) is 2. The van der Waals surface area contributed by atoms with Crippen molar-refractivity contribution in [1.82, 2.24) is 14.7 Å². The smallest absolute Gasteiger partial charge is 0.274 e. The summed E-state index contributed by atoms with van der Waals surface area (Å²) in [6, 6.07) is 14.8. The van der Waals surface area contributed by atoms with Gasteiger partial charge >= 0.3 is 0 Å². The summed E-state index contributed by atoms with van der Waals surface area (Å²) in [5.74, 6) is 0.847. The van der Waals surface area contributed by atoms with Crippen molar-refractivity contribution in [3.05, 3.63) is 66.6 Å². The molecule has 1 N–H and O–H groups in total. The number of hydrogen-bond acceptors (Lipinski definition) is 6. The highest BCUT2D eigenvalue weighted by Crippen LogP contribution is 2.32. The van der Waals surface area contributed by atoms with Crippen LogP contribution in [0.5, 0.6) is 11.5 Å². The Balaban J connectivity index is 1.54. The van der Waals surface area contributed by atoms with Crippen molar-refractivity contribution in [2.45, 2.75) is 6.54 Å². The quantitative estimate of drug-likeness (QED) is 0.484. The van der Waals surface area contributed by atoms with Crippen molar-refractivity contribution in [3.8, 4) is 34.5 Å². The standard InChI is InChI=1S/C22H19FN4O4/c1-29-18-10-9-14(12-19(18)30-2)21-25-22(31-26-21)17-8-5-11-27(17)13-20(28)24-16-7-4-3-6-15(16)23/h3-12H,13H2,1-2H3,(H,24,28). The number of hydrogen-bond donors (Lipinski definition) is 1. The minimum Gasteiger partial charge on any atom is -0.493 e. The van der Waals surface area contributed by atoms with Gasteiger partial charge in [0.2, 0.25) is 11.7 Å². The molecule has 9 heteroatoms. The molecule has 0 atom stereocenters. The number of rotatable bonds is 7. The van der Waals surface area contributed by atoms with Gasteiger partial charge in [-0.3, -0.25) is 4.79 Å². The van der Waals surface area contributed by atoms with E-state index in [9.17, 15) is 9.18 Å². The molecule has 0 aliphatic carbocycles. The van der Waals surface area contributed by atoms with Gasteiger partial charge in [0.05, 0.1) is 19.9 Å². The topological polar surface area (TPSA) is 91.4 Å². The first-order valence-electron chi connectivity index (χ1n) is 9.35. The van der Waals surface area contributed by atoms with Crippen LogP contribution >= 0.6 is 0 Å². The van der Waals surface area contributed by atoms with Crippen molar-refractivity contribution >= 4 is 11.6 Å². The first-order chi connectivity index (χ1) is 15.1. The zero-order valence-electron chi connectivity index (χ0n) is 16.8. The molecule has 8 nitrogen and oxygen atoms in total. The van der Waals surface area contributed by atoms with Gasteiger partial charge in [-0.1, -0.05) is 17.3 Å². The van der Waals surface area contributed by atoms with Crippen molar-refractivity contribution in [2.24, 2.45) is 0 Å². The Morgan fingerprint density at radius 3 is 2.68 bits per heavy atom. The Labute approximate surface area is 177 Å². The minimum absolute atomic E-state index is 0.0509. The number of nitrogens with zero attached hydrogens (tertiary/aromatic N) is 3. The van der Waals surface area contributed by atoms with Crippen molar-refractivity contribution in [1.29, 1.82) is 0 Å². The Morgan fingerprint density at radius 2 is 1.90 bits per heavy atom. The lowest BCUT2D eigenvalue weighted by Crippen LogP contribution is -2.19. The van der Waals surface area contributed by atoms with Gasteiger partial charge in [0.1, 0.15) is 18.1 Å². The number of para-hydroxylation sites is 1. The number of nitrogens with one attached hydrogen (secondary N) is 1. The largest absolute Gasteiger partial charge is 0.493 e. The second-order valence-corrected chi connectivity index (χ2v) is 6.54. The van der Waals surface area contributed by atoms with Gasteiger partial charge in [0, 0.05) is 11.8 Å². The van der Waals surface area contributed by atoms with Crippen molar-refractivity contribution in [2.75, 3.05) is 19.5 Å². The summed E-state index contributed by atoms with van der Waals surface area (Å²) in [4.78, 5) is 16.8. The molecule has 1 amide bonds. The molecule has 2 aromatic heterocycles. The van der Waals surface area contributed by atoms with Crippen molar-refractivity contribution in [3.63, 3.8) is 0 Å². The van der Waals surface area contributed by atoms with E-state index in [1.54, 1.807) is 67.4 Å². The molecule has 2 aromatic carbocycles. The molecule has 31 heavy (non-hydrogen) atoms. The predicted molar refractivity (Wildman–Crippen MR) is 111 cm³/mol. The van der Waals surface area contributed by atoms with Crippen LogP contribution in [0.3, 0.4) is 0 Å². The molecular weight excluding hydrogens is 403 g/mol. The molecule has 0 aliphatic heterocycles. The molecule has 4 rings (SSSR count). The Hall–Kier alpha value is -4.14. The third kappa shape index (κ3) is 4.25. The third-order valence-electron chi connectivity index (χ3n) is 4.58. The van der Waals surface area contributed by atoms with Crippen LogP contribution in [0.25, 0.3) is 23.0 Å². The summed E-state index contributed by atoms with van der Waals surface area (Å²) in [6.07, 6.45) is 1.70. The lowest BCUT2D eigenvalue weighted by molar-refractivity contribution is -0.116. The van der Waals surface area contributed by atoms with E-state index in [-0.39, 0.29) is 24.0 Å². The van der Waals surface area contributed by atoms with Gasteiger partial charge in [-0.25, -0.2) is 4.39 Å². The lowest BCUT2D eigenvalue weighted by Gasteiger charge is -2.08. The van der Waals surface area contributed by atoms with E-state index in [2.05, 4.69) is 15.5 Å². The second-order valence-electron chi connectivity index (χ2n) is 6.54. The number of carbonyl (C=O) groups is 1. The molecule has 158 valence electrons. The summed E-state index contributed by atoms with van der Waals surface area (Å²) in [7, 11) is 3.10. The maximum absolute atomic E-state index is 13.8. The van der Waals surface area contributed by atoms with Gasteiger partial charge in [-0.2, -0.15) is 4.98 Å². The Bertz CT molecular complexity index is 1220. The summed E-state index contributed by atoms with van der Waals surface area (Å²) in [6.45, 7) is -0.0509. The molecule has 0 saturated heterocycles. The molecule has 0 unspecified atom stereocenters. The van der Waals surface area contributed by atoms with Crippen LogP contribution in [0.15, 0.2) is 65.3 Å². The maximum Gasteiger partial charge on any atom is 0.274 e. The van der Waals surface area contributed by atoms with Gasteiger partial charge < -0.3 is 23.9 Å². The fourth-order valence-corrected chi connectivity index (χ4v) is 3.07. The molecule has 0 spiro atoms.